The lowest BCUT2D eigenvalue weighted by Gasteiger charge is -2.28. The summed E-state index contributed by atoms with van der Waals surface area (Å²) in [5.41, 5.74) is 2.07. The third-order valence-electron chi connectivity index (χ3n) is 5.88. The number of rotatable bonds is 5. The van der Waals surface area contributed by atoms with Crippen molar-refractivity contribution in [1.29, 1.82) is 0 Å². The van der Waals surface area contributed by atoms with Crippen molar-refractivity contribution in [3.05, 3.63) is 69.2 Å². The third kappa shape index (κ3) is 4.22. The first-order chi connectivity index (χ1) is 15.3. The predicted octanol–water partition coefficient (Wildman–Crippen LogP) is 4.66. The molecule has 0 radical (unpaired) electrons. The average molecular weight is 475 g/mol. The average Bonchev–Trinajstić information content (AvgIpc) is 3.37. The van der Waals surface area contributed by atoms with Crippen molar-refractivity contribution >= 4 is 46.3 Å². The van der Waals surface area contributed by atoms with Gasteiger partial charge in [0.1, 0.15) is 5.76 Å². The van der Waals surface area contributed by atoms with E-state index < -0.39 is 17.7 Å². The Morgan fingerprint density at radius 3 is 2.44 bits per heavy atom. The van der Waals surface area contributed by atoms with Crippen LogP contribution >= 0.6 is 23.2 Å². The molecule has 2 unspecified atom stereocenters. The molecule has 2 atom stereocenters. The normalized spacial score (nSPS) is 22.6. The Bertz CT molecular complexity index is 1080. The monoisotopic (exact) mass is 474 g/mol. The number of ether oxygens (including phenoxy) is 1. The lowest BCUT2D eigenvalue weighted by atomic mass is 9.95. The van der Waals surface area contributed by atoms with Gasteiger partial charge < -0.3 is 19.6 Å². The van der Waals surface area contributed by atoms with E-state index in [1.165, 1.54) is 11.0 Å². The summed E-state index contributed by atoms with van der Waals surface area (Å²) in [6.07, 6.45) is 1.60. The highest BCUT2D eigenvalue weighted by Crippen LogP contribution is 2.41. The number of likely N-dealkylation sites (tertiary alicyclic amines) is 1. The van der Waals surface area contributed by atoms with Crippen LogP contribution in [-0.4, -0.2) is 55.0 Å². The number of nitrogens with zero attached hydrogens (tertiary/aromatic N) is 2. The number of halogens is 2. The second-order valence-corrected chi connectivity index (χ2v) is 9.02. The summed E-state index contributed by atoms with van der Waals surface area (Å²) in [4.78, 5) is 29.6. The van der Waals surface area contributed by atoms with Gasteiger partial charge in [-0.25, -0.2) is 0 Å². The van der Waals surface area contributed by atoms with Gasteiger partial charge in [0.2, 0.25) is 0 Å². The summed E-state index contributed by atoms with van der Waals surface area (Å²) in [5.74, 6) is -1.66. The van der Waals surface area contributed by atoms with Crippen LogP contribution in [0.1, 0.15) is 30.0 Å². The molecule has 32 heavy (non-hydrogen) atoms. The van der Waals surface area contributed by atoms with Crippen LogP contribution in [-0.2, 0) is 14.3 Å². The van der Waals surface area contributed by atoms with Gasteiger partial charge in [-0.15, -0.1) is 0 Å². The number of hydrogen-bond donors (Lipinski definition) is 1. The molecule has 168 valence electrons. The fourth-order valence-electron chi connectivity index (χ4n) is 4.18. The minimum atomic E-state index is -0.732. The Labute approximate surface area is 197 Å². The van der Waals surface area contributed by atoms with E-state index in [9.17, 15) is 14.7 Å². The number of aliphatic hydroxyl groups excluding tert-OH is 1. The summed E-state index contributed by atoms with van der Waals surface area (Å²) in [6, 6.07) is 11.4. The lowest BCUT2D eigenvalue weighted by Crippen LogP contribution is -2.36. The van der Waals surface area contributed by atoms with Gasteiger partial charge in [0.25, 0.3) is 11.7 Å². The quantitative estimate of drug-likeness (QED) is 0.387. The van der Waals surface area contributed by atoms with Crippen molar-refractivity contribution in [1.82, 2.24) is 4.90 Å². The molecule has 2 aliphatic rings. The Hall–Kier alpha value is -2.54. The molecule has 1 N–H and O–H groups in total. The minimum Gasteiger partial charge on any atom is -0.507 e. The molecule has 0 bridgehead atoms. The number of hydrogen-bond acceptors (Lipinski definition) is 5. The van der Waals surface area contributed by atoms with Crippen molar-refractivity contribution in [3.63, 3.8) is 0 Å². The van der Waals surface area contributed by atoms with E-state index in [0.29, 0.717) is 17.2 Å². The van der Waals surface area contributed by atoms with Gasteiger partial charge in [-0.1, -0.05) is 35.3 Å². The van der Waals surface area contributed by atoms with E-state index in [4.69, 9.17) is 27.9 Å². The van der Waals surface area contributed by atoms with Crippen LogP contribution in [0.15, 0.2) is 48.0 Å². The molecule has 2 heterocycles. The smallest absolute Gasteiger partial charge is 0.295 e. The maximum Gasteiger partial charge on any atom is 0.295 e. The Balaban J connectivity index is 1.82. The molecule has 2 fully saturated rings. The number of benzene rings is 2. The summed E-state index contributed by atoms with van der Waals surface area (Å²) in [5, 5.41) is 11.7. The van der Waals surface area contributed by atoms with Gasteiger partial charge >= 0.3 is 0 Å². The van der Waals surface area contributed by atoms with Gasteiger partial charge in [0, 0.05) is 38.5 Å². The van der Waals surface area contributed by atoms with E-state index in [-0.39, 0.29) is 29.0 Å². The second-order valence-electron chi connectivity index (χ2n) is 8.20. The Morgan fingerprint density at radius 2 is 1.84 bits per heavy atom. The molecule has 2 aliphatic heterocycles. The molecule has 0 spiro atoms. The lowest BCUT2D eigenvalue weighted by molar-refractivity contribution is -0.140. The fraction of sp³-hybridized carbons (Fsp3) is 0.333. The zero-order chi connectivity index (χ0) is 23.0. The molecule has 2 aromatic rings. The molecule has 1 amide bonds. The maximum absolute atomic E-state index is 13.1. The van der Waals surface area contributed by atoms with Crippen molar-refractivity contribution in [2.24, 2.45) is 0 Å². The van der Waals surface area contributed by atoms with Crippen LogP contribution in [0.3, 0.4) is 0 Å². The van der Waals surface area contributed by atoms with Gasteiger partial charge in [-0.3, -0.25) is 9.59 Å². The summed E-state index contributed by atoms with van der Waals surface area (Å²) < 4.78 is 5.72. The summed E-state index contributed by atoms with van der Waals surface area (Å²) in [7, 11) is 3.87. The molecule has 2 aromatic carbocycles. The van der Waals surface area contributed by atoms with E-state index in [2.05, 4.69) is 0 Å². The van der Waals surface area contributed by atoms with Crippen LogP contribution in [0.25, 0.3) is 5.76 Å². The second kappa shape index (κ2) is 9.14. The number of carbonyl (C=O) groups is 2. The van der Waals surface area contributed by atoms with Crippen molar-refractivity contribution in [2.75, 3.05) is 32.1 Å². The van der Waals surface area contributed by atoms with Crippen molar-refractivity contribution < 1.29 is 19.4 Å². The van der Waals surface area contributed by atoms with E-state index in [1.807, 2.05) is 43.3 Å². The first kappa shape index (κ1) is 22.6. The predicted molar refractivity (Wildman–Crippen MR) is 125 cm³/mol. The molecule has 0 saturated carbocycles. The maximum atomic E-state index is 13.1. The molecule has 8 heteroatoms. The standard InChI is InChI=1S/C24H24Cl2N2O4/c1-27(2)16-8-5-14(6-9-16)21-20(22(29)15-7-10-18(25)19(26)12-15)23(30)24(31)28(21)13-17-4-3-11-32-17/h5-10,12,17,21,29H,3-4,11,13H2,1-2H3/b22-20-. The van der Waals surface area contributed by atoms with Crippen molar-refractivity contribution in [2.45, 2.75) is 25.0 Å². The van der Waals surface area contributed by atoms with Crippen LogP contribution in [0.4, 0.5) is 5.69 Å². The van der Waals surface area contributed by atoms with Gasteiger partial charge in [0.05, 0.1) is 27.8 Å². The number of carbonyl (C=O) groups excluding carboxylic acids is 2. The van der Waals surface area contributed by atoms with Crippen molar-refractivity contribution in [3.8, 4) is 0 Å². The fourth-order valence-corrected chi connectivity index (χ4v) is 4.47. The first-order valence-corrected chi connectivity index (χ1v) is 11.2. The summed E-state index contributed by atoms with van der Waals surface area (Å²) in [6.45, 7) is 0.920. The number of aliphatic hydroxyl groups is 1. The highest BCUT2D eigenvalue weighted by Gasteiger charge is 2.47. The molecule has 2 saturated heterocycles. The molecule has 4 rings (SSSR count). The SMILES string of the molecule is CN(C)c1ccc(C2/C(=C(/O)c3ccc(Cl)c(Cl)c3)C(=O)C(=O)N2CC2CCCO2)cc1. The minimum absolute atomic E-state index is 0.0315. The van der Waals surface area contributed by atoms with E-state index in [0.717, 1.165) is 24.1 Å². The Morgan fingerprint density at radius 1 is 1.12 bits per heavy atom. The highest BCUT2D eigenvalue weighted by atomic mass is 35.5. The number of ketones is 1. The number of amides is 1. The largest absolute Gasteiger partial charge is 0.507 e. The first-order valence-electron chi connectivity index (χ1n) is 10.4. The third-order valence-corrected chi connectivity index (χ3v) is 6.62. The van der Waals surface area contributed by atoms with Gasteiger partial charge in [-0.05, 0) is 48.7 Å². The Kier molecular flexibility index (Phi) is 6.47. The molecular formula is C24H24Cl2N2O4. The zero-order valence-electron chi connectivity index (χ0n) is 17.8. The van der Waals surface area contributed by atoms with Gasteiger partial charge in [0.15, 0.2) is 0 Å². The molecular weight excluding hydrogens is 451 g/mol. The van der Waals surface area contributed by atoms with Crippen LogP contribution < -0.4 is 4.90 Å². The molecule has 0 aliphatic carbocycles. The number of anilines is 1. The molecule has 6 nitrogen and oxygen atoms in total. The highest BCUT2D eigenvalue weighted by molar-refractivity contribution is 6.47. The van der Waals surface area contributed by atoms with E-state index >= 15 is 0 Å². The van der Waals surface area contributed by atoms with Crippen LogP contribution in [0.2, 0.25) is 10.0 Å². The van der Waals surface area contributed by atoms with Crippen LogP contribution in [0.5, 0.6) is 0 Å². The number of Topliss-reactive ketones (excluding diaryl/α,β-unsaturated/α-hetero) is 1. The topological polar surface area (TPSA) is 70.1 Å². The van der Waals surface area contributed by atoms with E-state index in [1.54, 1.807) is 12.1 Å². The van der Waals surface area contributed by atoms with Crippen LogP contribution in [0, 0.1) is 0 Å². The molecule has 0 aromatic heterocycles. The zero-order valence-corrected chi connectivity index (χ0v) is 19.4. The summed E-state index contributed by atoms with van der Waals surface area (Å²) >= 11 is 12.1. The van der Waals surface area contributed by atoms with Gasteiger partial charge in [-0.2, -0.15) is 0 Å².